The van der Waals surface area contributed by atoms with Crippen LogP contribution in [0, 0.1) is 0 Å². The van der Waals surface area contributed by atoms with Gasteiger partial charge in [0.25, 0.3) is 0 Å². The molecule has 48 heteroatoms. The van der Waals surface area contributed by atoms with Crippen molar-refractivity contribution in [2.75, 3.05) is 0 Å². The summed E-state index contributed by atoms with van der Waals surface area (Å²) in [6.07, 6.45) is -29.1. The van der Waals surface area contributed by atoms with Crippen LogP contribution in [0.1, 0.15) is 0 Å². The normalized spacial score (nSPS) is 9.81. The lowest BCUT2D eigenvalue weighted by molar-refractivity contribution is 3.19. The Bertz CT molecular complexity index is 695. The second kappa shape index (κ2) is 23.2. The van der Waals surface area contributed by atoms with Crippen LogP contribution >= 0.6 is 0 Å². The van der Waals surface area contributed by atoms with Crippen molar-refractivity contribution in [3.8, 4) is 0 Å². The average Bonchev–Trinajstić information content (AvgIpc) is 2.86. The first-order valence-electron chi connectivity index (χ1n) is 15.7. The molecule has 0 saturated carbocycles. The Labute approximate surface area is 337 Å². The highest BCUT2D eigenvalue weighted by atomic mass is 13.4. The highest BCUT2D eigenvalue weighted by Gasteiger charge is 2.56. The van der Waals surface area contributed by atoms with Gasteiger partial charge in [0.1, 0.15) is 0 Å². The molecule has 57 radical (unpaired) electrons. The minimum atomic E-state index is -1.34. The minimum absolute atomic E-state index is 1.18. The molecule has 0 aliphatic heterocycles. The fraction of sp³-hybridized carbons (Fsp3) is 0. The van der Waals surface area contributed by atoms with Crippen molar-refractivity contribution in [3.63, 3.8) is 0 Å². The lowest BCUT2D eigenvalue weighted by Crippen LogP contribution is -2.94. The van der Waals surface area contributed by atoms with Crippen LogP contribution < -0.4 is 0 Å². The van der Waals surface area contributed by atoms with Crippen LogP contribution in [0.25, 0.3) is 0 Å². The fourth-order valence-electron chi connectivity index (χ4n) is 7.95. The van der Waals surface area contributed by atoms with Crippen molar-refractivity contribution in [2.45, 2.75) is 0 Å². The SMILES string of the molecule is [B]B([B])B(B([B])[B])B(B(B([B])[B])B([B])[B])B(B(B(B([B])[B])B([B])[B-])B(B([B-])[B-])B([B-])[B-])B(B(B([B])[B])B([B])[B])B(B([B])[B])B([B])B([B-])[B-]. The van der Waals surface area contributed by atoms with Crippen LogP contribution in [0.4, 0.5) is 0 Å². The average molecular weight is 519 g/mol. The quantitative estimate of drug-likeness (QED) is 0.125. The summed E-state index contributed by atoms with van der Waals surface area (Å²) < 4.78 is 0. The Balaban J connectivity index is 9.31. The third kappa shape index (κ3) is 13.7. The molecule has 0 heterocycles. The molecule has 0 spiro atoms. The summed E-state index contributed by atoms with van der Waals surface area (Å²) in [7, 11) is 160. The van der Waals surface area contributed by atoms with E-state index in [4.69, 9.17) is 193 Å². The maximum atomic E-state index is 6.65. The molecule has 0 nitrogen and oxygen atoms in total. The van der Waals surface area contributed by atoms with Crippen LogP contribution in [0.15, 0.2) is 0 Å². The molecule has 0 saturated heterocycles. The summed E-state index contributed by atoms with van der Waals surface area (Å²) in [5.41, 5.74) is 0. The Hall–Kier alpha value is 3.12. The van der Waals surface area contributed by atoms with Gasteiger partial charge in [0.2, 0.25) is 0 Å². The van der Waals surface area contributed by atoms with E-state index in [9.17, 15) is 0 Å². The van der Waals surface area contributed by atoms with Gasteiger partial charge in [-0.1, -0.05) is 6.39 Å². The van der Waals surface area contributed by atoms with Crippen molar-refractivity contribution in [2.24, 2.45) is 0 Å². The molecule has 151 valence electrons. The molecule has 0 aromatic rings. The molecule has 0 aromatic carbocycles. The number of rotatable bonds is 22. The highest BCUT2D eigenvalue weighted by molar-refractivity contribution is 8.35. The molecule has 0 unspecified atom stereocenters. The molecule has 0 rings (SSSR count). The number of hydrogen-bond donors (Lipinski definition) is 0. The highest BCUT2D eigenvalue weighted by Crippen LogP contribution is 2.21. The van der Waals surface area contributed by atoms with Gasteiger partial charge in [0, 0.05) is 0 Å². The minimum Gasteiger partial charge on any atom is -0.729 e. The first kappa shape index (κ1) is 51.1. The molecule has 0 N–H and O–H groups in total. The first-order valence-corrected chi connectivity index (χ1v) is 15.7. The van der Waals surface area contributed by atoms with Crippen molar-refractivity contribution < 1.29 is 0 Å². The van der Waals surface area contributed by atoms with Gasteiger partial charge in [-0.15, -0.1) is 6.39 Å². The lowest BCUT2D eigenvalue weighted by atomic mass is 8.25. The molecular formula is B48-7. The van der Waals surface area contributed by atoms with E-state index in [1.165, 1.54) is 0 Å². The zero-order valence-corrected chi connectivity index (χ0v) is 27.7. The second-order valence-electron chi connectivity index (χ2n) is 13.3. The summed E-state index contributed by atoms with van der Waals surface area (Å²) in [5.74, 6) is 0. The van der Waals surface area contributed by atoms with E-state index in [-0.39, 0.29) is 0 Å². The molecule has 0 bridgehead atoms. The van der Waals surface area contributed by atoms with E-state index in [0.29, 0.717) is 0 Å². The Morgan fingerprint density at radius 1 is 0.208 bits per heavy atom. The Morgan fingerprint density at radius 3 is 0.604 bits per heavy atom. The Morgan fingerprint density at radius 2 is 0.417 bits per heavy atom. The van der Waals surface area contributed by atoms with Gasteiger partial charge in [0.15, 0.2) is 0 Å². The van der Waals surface area contributed by atoms with Crippen molar-refractivity contribution in [1.82, 2.24) is 0 Å². The van der Waals surface area contributed by atoms with E-state index >= 15 is 0 Å². The summed E-state index contributed by atoms with van der Waals surface area (Å²) in [4.78, 5) is 0. The predicted molar refractivity (Wildman–Crippen MR) is 276 cm³/mol. The maximum absolute atomic E-state index is 6.65. The van der Waals surface area contributed by atoms with E-state index in [2.05, 4.69) is 0 Å². The van der Waals surface area contributed by atoms with Crippen molar-refractivity contribution in [3.05, 3.63) is 0 Å². The predicted octanol–water partition coefficient (Wildman–Crippen LogP) is -18.3. The summed E-state index contributed by atoms with van der Waals surface area (Å²) in [6, 6.07) is 0. The van der Waals surface area contributed by atoms with Gasteiger partial charge in [-0.3, -0.25) is 0 Å². The molecule has 0 fully saturated rings. The van der Waals surface area contributed by atoms with Crippen LogP contribution in [0.3, 0.4) is 0 Å². The standard InChI is InChI=1S/B48/c1-26(2)38(25)44(37(23)24)47(43(35(19)20)36(21)22)48(45(39(27(3)4)28(5)6)40(29(7)8)30(9)10)46(41(31(11)12)32(13)14)42(33(15)16)34(17)18/q-7. The molecule has 0 atom stereocenters. The van der Waals surface area contributed by atoms with Crippen LogP contribution in [-0.2, 0) is 0 Å². The molecule has 0 aromatic heterocycles. The van der Waals surface area contributed by atoms with Gasteiger partial charge in [-0.25, -0.2) is 6.39 Å². The third-order valence-electron chi connectivity index (χ3n) is 9.78. The molecule has 0 amide bonds. The van der Waals surface area contributed by atoms with Gasteiger partial charge in [0.05, 0.1) is 0 Å². The smallest absolute Gasteiger partial charge is 0.000000000000409 e. The van der Waals surface area contributed by atoms with Crippen LogP contribution in [-0.4, -0.2) is 340 Å². The maximum Gasteiger partial charge on any atom is -0.000000000000409 e. The van der Waals surface area contributed by atoms with Crippen molar-refractivity contribution in [1.29, 1.82) is 0 Å². The lowest BCUT2D eigenvalue weighted by Gasteiger charge is -2.67. The fourth-order valence-corrected chi connectivity index (χ4v) is 7.95. The van der Waals surface area contributed by atoms with Crippen LogP contribution in [0.2, 0.25) is 0 Å². The topological polar surface area (TPSA) is 0 Å². The third-order valence-corrected chi connectivity index (χ3v) is 9.78. The van der Waals surface area contributed by atoms with Crippen LogP contribution in [0.5, 0.6) is 0 Å². The molecular weight excluding hydrogens is 519 g/mol. The second-order valence-corrected chi connectivity index (χ2v) is 13.3. The molecule has 0 aliphatic carbocycles. The van der Waals surface area contributed by atoms with E-state index in [1.807, 2.05) is 0 Å². The summed E-state index contributed by atoms with van der Waals surface area (Å²) >= 11 is 0. The zero-order valence-electron chi connectivity index (χ0n) is 27.7. The molecule has 0 aliphatic rings. The first-order chi connectivity index (χ1) is 21.8. The summed E-state index contributed by atoms with van der Waals surface area (Å²) in [6.45, 7) is 0. The van der Waals surface area contributed by atoms with E-state index in [1.54, 1.807) is 0 Å². The largest absolute Gasteiger partial charge is 0.729 e. The zero-order chi connectivity index (χ0) is 38.3. The van der Waals surface area contributed by atoms with Gasteiger partial charge in [-0.2, -0.15) is 0 Å². The van der Waals surface area contributed by atoms with Gasteiger partial charge in [-0.05, 0) is 248 Å². The summed E-state index contributed by atoms with van der Waals surface area (Å²) in [5, 5.41) is 0. The number of hydrogen-bond acceptors (Lipinski definition) is 0. The monoisotopic (exact) mass is 528 g/mol. The van der Waals surface area contributed by atoms with E-state index < -0.39 is 147 Å². The van der Waals surface area contributed by atoms with Gasteiger partial charge >= 0.3 is 0 Å². The van der Waals surface area contributed by atoms with Crippen molar-refractivity contribution >= 4 is 340 Å². The Kier molecular flexibility index (Phi) is 24.8. The molecule has 48 heavy (non-hydrogen) atoms. The van der Waals surface area contributed by atoms with Gasteiger partial charge < -0.3 is 73.3 Å². The van der Waals surface area contributed by atoms with E-state index in [0.717, 1.165) is 0 Å².